The van der Waals surface area contributed by atoms with Gasteiger partial charge in [-0.2, -0.15) is 0 Å². The Morgan fingerprint density at radius 1 is 1.45 bits per heavy atom. The minimum absolute atomic E-state index is 0.147. The number of aromatic nitrogens is 1. The number of rotatable bonds is 6. The van der Waals surface area contributed by atoms with Crippen molar-refractivity contribution in [2.45, 2.75) is 58.7 Å². The van der Waals surface area contributed by atoms with E-state index >= 15 is 0 Å². The van der Waals surface area contributed by atoms with Crippen molar-refractivity contribution in [1.82, 2.24) is 9.88 Å². The van der Waals surface area contributed by atoms with E-state index in [0.29, 0.717) is 18.9 Å². The molecule has 0 unspecified atom stereocenters. The second kappa shape index (κ2) is 8.28. The second-order valence-electron chi connectivity index (χ2n) is 6.52. The Kier molecular flexibility index (Phi) is 6.37. The molecule has 2 rings (SSSR count). The summed E-state index contributed by atoms with van der Waals surface area (Å²) in [6.45, 7) is 7.95. The number of hydrogen-bond acceptors (Lipinski definition) is 3. The van der Waals surface area contributed by atoms with Crippen molar-refractivity contribution in [2.75, 3.05) is 13.1 Å². The number of hydrogen-bond donors (Lipinski definition) is 0. The molecule has 1 aliphatic heterocycles. The zero-order chi connectivity index (χ0) is 15.9. The lowest BCUT2D eigenvalue weighted by Gasteiger charge is -2.40. The zero-order valence-corrected chi connectivity index (χ0v) is 14.0. The lowest BCUT2D eigenvalue weighted by Crippen LogP contribution is -2.52. The monoisotopic (exact) mass is 304 g/mol. The van der Waals surface area contributed by atoms with E-state index in [4.69, 9.17) is 4.74 Å². The first-order valence-electron chi connectivity index (χ1n) is 8.42. The summed E-state index contributed by atoms with van der Waals surface area (Å²) in [5.74, 6) is 0.613. The quantitative estimate of drug-likeness (QED) is 0.811. The lowest BCUT2D eigenvalue weighted by molar-refractivity contribution is -0.149. The predicted molar refractivity (Wildman–Crippen MR) is 87.5 cm³/mol. The normalized spacial score (nSPS) is 22.1. The molecule has 0 bridgehead atoms. The molecule has 0 aromatic carbocycles. The number of carbonyl (C=O) groups excluding carboxylic acids is 1. The molecule has 0 N–H and O–H groups in total. The average Bonchev–Trinajstić information content (AvgIpc) is 2.53. The number of unbranched alkanes of at least 4 members (excludes halogenated alkanes) is 1. The number of nitrogens with zero attached hydrogens (tertiary/aromatic N) is 2. The van der Waals surface area contributed by atoms with Gasteiger partial charge >= 0.3 is 0 Å². The summed E-state index contributed by atoms with van der Waals surface area (Å²) in [5.41, 5.74) is 0.977. The minimum Gasteiger partial charge on any atom is -0.371 e. The Hall–Kier alpha value is -1.42. The first-order chi connectivity index (χ1) is 10.6. The molecule has 2 atom stereocenters. The van der Waals surface area contributed by atoms with Gasteiger partial charge in [0.05, 0.1) is 18.6 Å². The molecule has 1 aromatic heterocycles. The van der Waals surface area contributed by atoms with Gasteiger partial charge in [0, 0.05) is 25.5 Å². The summed E-state index contributed by atoms with van der Waals surface area (Å²) in [6.07, 6.45) is 7.61. The summed E-state index contributed by atoms with van der Waals surface area (Å²) in [7, 11) is 0. The summed E-state index contributed by atoms with van der Waals surface area (Å²) < 4.78 is 6.17. The lowest BCUT2D eigenvalue weighted by atomic mass is 10.0. The highest BCUT2D eigenvalue weighted by Crippen LogP contribution is 2.21. The molecule has 1 amide bonds. The van der Waals surface area contributed by atoms with Crippen LogP contribution in [0.25, 0.3) is 0 Å². The maximum absolute atomic E-state index is 12.6. The Balaban J connectivity index is 1.99. The fraction of sp³-hybridized carbons (Fsp3) is 0.667. The Morgan fingerprint density at radius 3 is 2.91 bits per heavy atom. The average molecular weight is 304 g/mol. The van der Waals surface area contributed by atoms with E-state index in [0.717, 1.165) is 31.4 Å². The summed E-state index contributed by atoms with van der Waals surface area (Å²) in [6, 6.07) is 3.84. The van der Waals surface area contributed by atoms with Crippen LogP contribution in [-0.4, -0.2) is 41.1 Å². The van der Waals surface area contributed by atoms with Crippen molar-refractivity contribution in [3.63, 3.8) is 0 Å². The number of morpholine rings is 1. The van der Waals surface area contributed by atoms with Gasteiger partial charge in [0.25, 0.3) is 0 Å². The maximum atomic E-state index is 12.6. The number of pyridine rings is 1. The highest BCUT2D eigenvalue weighted by atomic mass is 16.5. The van der Waals surface area contributed by atoms with Crippen LogP contribution in [0.5, 0.6) is 0 Å². The molecule has 1 aliphatic rings. The number of carbonyl (C=O) groups is 1. The Bertz CT molecular complexity index is 461. The van der Waals surface area contributed by atoms with Gasteiger partial charge in [0.2, 0.25) is 5.91 Å². The molecule has 1 fully saturated rings. The topological polar surface area (TPSA) is 42.4 Å². The fourth-order valence-electron chi connectivity index (χ4n) is 2.82. The van der Waals surface area contributed by atoms with Gasteiger partial charge in [-0.1, -0.05) is 39.7 Å². The number of amides is 1. The molecule has 1 saturated heterocycles. The predicted octanol–water partition coefficient (Wildman–Crippen LogP) is 3.07. The molecule has 122 valence electrons. The zero-order valence-electron chi connectivity index (χ0n) is 14.0. The van der Waals surface area contributed by atoms with Crippen LogP contribution in [0, 0.1) is 5.92 Å². The van der Waals surface area contributed by atoms with Crippen molar-refractivity contribution in [3.8, 4) is 0 Å². The maximum Gasteiger partial charge on any atom is 0.227 e. The van der Waals surface area contributed by atoms with Crippen LogP contribution < -0.4 is 0 Å². The van der Waals surface area contributed by atoms with Crippen LogP contribution >= 0.6 is 0 Å². The van der Waals surface area contributed by atoms with Crippen LogP contribution in [0.2, 0.25) is 0 Å². The van der Waals surface area contributed by atoms with E-state index in [1.54, 1.807) is 12.4 Å². The SMILES string of the molecule is CCCC[C@@H]1CN(C(=O)Cc2cccnc2)C[C@H](C(C)C)O1. The van der Waals surface area contributed by atoms with Gasteiger partial charge in [-0.05, 0) is 24.0 Å². The molecule has 0 radical (unpaired) electrons. The molecule has 4 nitrogen and oxygen atoms in total. The van der Waals surface area contributed by atoms with Crippen LogP contribution in [0.3, 0.4) is 0 Å². The number of ether oxygens (including phenoxy) is 1. The van der Waals surface area contributed by atoms with E-state index in [9.17, 15) is 4.79 Å². The molecule has 1 aromatic rings. The third kappa shape index (κ3) is 4.80. The third-order valence-electron chi connectivity index (χ3n) is 4.25. The smallest absolute Gasteiger partial charge is 0.227 e. The standard InChI is InChI=1S/C18H28N2O2/c1-4-5-8-16-12-20(13-17(22-16)14(2)3)18(21)10-15-7-6-9-19-11-15/h6-7,9,11,14,16-17H,4-5,8,10,12-13H2,1-3H3/t16-,17-/m1/s1. The van der Waals surface area contributed by atoms with Crippen molar-refractivity contribution >= 4 is 5.91 Å². The van der Waals surface area contributed by atoms with Crippen LogP contribution in [0.15, 0.2) is 24.5 Å². The van der Waals surface area contributed by atoms with Gasteiger partial charge in [-0.25, -0.2) is 0 Å². The molecule has 0 aliphatic carbocycles. The van der Waals surface area contributed by atoms with Crippen molar-refractivity contribution in [3.05, 3.63) is 30.1 Å². The van der Waals surface area contributed by atoms with Gasteiger partial charge in [0.15, 0.2) is 0 Å². The molecule has 22 heavy (non-hydrogen) atoms. The largest absolute Gasteiger partial charge is 0.371 e. The third-order valence-corrected chi connectivity index (χ3v) is 4.25. The van der Waals surface area contributed by atoms with E-state index in [-0.39, 0.29) is 18.1 Å². The van der Waals surface area contributed by atoms with Crippen molar-refractivity contribution < 1.29 is 9.53 Å². The molecular formula is C18H28N2O2. The van der Waals surface area contributed by atoms with E-state index in [1.165, 1.54) is 0 Å². The fourth-order valence-corrected chi connectivity index (χ4v) is 2.82. The molecule has 2 heterocycles. The van der Waals surface area contributed by atoms with Crippen LogP contribution in [0.1, 0.15) is 45.6 Å². The van der Waals surface area contributed by atoms with Crippen LogP contribution in [0.4, 0.5) is 0 Å². The van der Waals surface area contributed by atoms with Crippen molar-refractivity contribution in [1.29, 1.82) is 0 Å². The summed E-state index contributed by atoms with van der Waals surface area (Å²) in [5, 5.41) is 0. The van der Waals surface area contributed by atoms with Gasteiger partial charge < -0.3 is 9.64 Å². The second-order valence-corrected chi connectivity index (χ2v) is 6.52. The highest BCUT2D eigenvalue weighted by molar-refractivity contribution is 5.78. The first-order valence-corrected chi connectivity index (χ1v) is 8.42. The molecule has 0 saturated carbocycles. The van der Waals surface area contributed by atoms with Crippen molar-refractivity contribution in [2.24, 2.45) is 5.92 Å². The summed E-state index contributed by atoms with van der Waals surface area (Å²) in [4.78, 5) is 18.7. The molecular weight excluding hydrogens is 276 g/mol. The van der Waals surface area contributed by atoms with Gasteiger partial charge in [-0.3, -0.25) is 9.78 Å². The van der Waals surface area contributed by atoms with E-state index < -0.39 is 0 Å². The highest BCUT2D eigenvalue weighted by Gasteiger charge is 2.31. The Labute approximate surface area is 133 Å². The molecule has 4 heteroatoms. The first kappa shape index (κ1) is 16.9. The van der Waals surface area contributed by atoms with Gasteiger partial charge in [0.1, 0.15) is 0 Å². The van der Waals surface area contributed by atoms with E-state index in [1.807, 2.05) is 17.0 Å². The van der Waals surface area contributed by atoms with Crippen LogP contribution in [-0.2, 0) is 16.0 Å². The minimum atomic E-state index is 0.147. The van der Waals surface area contributed by atoms with Gasteiger partial charge in [-0.15, -0.1) is 0 Å². The summed E-state index contributed by atoms with van der Waals surface area (Å²) >= 11 is 0. The van der Waals surface area contributed by atoms with E-state index in [2.05, 4.69) is 25.8 Å². The Morgan fingerprint density at radius 2 is 2.27 bits per heavy atom. The molecule has 0 spiro atoms.